The number of rotatable bonds is 2. The summed E-state index contributed by atoms with van der Waals surface area (Å²) in [5, 5.41) is 5.50. The van der Waals surface area contributed by atoms with Crippen LogP contribution in [0.25, 0.3) is 0 Å². The molecule has 12 heavy (non-hydrogen) atoms. The fourth-order valence-electron chi connectivity index (χ4n) is 2.20. The summed E-state index contributed by atoms with van der Waals surface area (Å²) in [6.07, 6.45) is 2.85. The number of hydrogen-bond acceptors (Lipinski definition) is 3. The van der Waals surface area contributed by atoms with Gasteiger partial charge in [0.25, 0.3) is 0 Å². The van der Waals surface area contributed by atoms with E-state index in [1.54, 1.807) is 0 Å². The maximum atomic E-state index is 3.61. The van der Waals surface area contributed by atoms with Crippen molar-refractivity contribution in [2.24, 2.45) is 0 Å². The van der Waals surface area contributed by atoms with Crippen molar-refractivity contribution in [1.82, 2.24) is 5.32 Å². The zero-order valence-corrected chi connectivity index (χ0v) is 9.22. The van der Waals surface area contributed by atoms with E-state index in [0.717, 1.165) is 23.1 Å². The summed E-state index contributed by atoms with van der Waals surface area (Å²) in [7, 11) is 0. The first-order chi connectivity index (χ1) is 5.92. The second-order valence-corrected chi connectivity index (χ2v) is 6.12. The van der Waals surface area contributed by atoms with Crippen molar-refractivity contribution in [2.45, 2.75) is 36.3 Å². The molecule has 2 aliphatic rings. The molecule has 0 aromatic carbocycles. The molecule has 0 spiro atoms. The van der Waals surface area contributed by atoms with Crippen LogP contribution in [0.3, 0.4) is 0 Å². The molecular weight excluding hydrogens is 186 g/mol. The first kappa shape index (κ1) is 9.22. The molecule has 0 bridgehead atoms. The predicted molar refractivity (Wildman–Crippen MR) is 59.2 cm³/mol. The van der Waals surface area contributed by atoms with Gasteiger partial charge in [0.2, 0.25) is 0 Å². The van der Waals surface area contributed by atoms with Crippen LogP contribution in [0.5, 0.6) is 0 Å². The van der Waals surface area contributed by atoms with Gasteiger partial charge in [0.1, 0.15) is 0 Å². The van der Waals surface area contributed by atoms with E-state index in [1.807, 2.05) is 0 Å². The summed E-state index contributed by atoms with van der Waals surface area (Å²) in [4.78, 5) is 0. The van der Waals surface area contributed by atoms with Crippen molar-refractivity contribution in [2.75, 3.05) is 18.1 Å². The molecule has 1 saturated heterocycles. The molecule has 1 saturated carbocycles. The van der Waals surface area contributed by atoms with E-state index in [2.05, 4.69) is 35.8 Å². The Morgan fingerprint density at radius 3 is 2.92 bits per heavy atom. The zero-order chi connectivity index (χ0) is 8.39. The van der Waals surface area contributed by atoms with Gasteiger partial charge in [0.05, 0.1) is 0 Å². The smallest absolute Gasteiger partial charge is 0.0320 e. The van der Waals surface area contributed by atoms with Gasteiger partial charge in [-0.15, -0.1) is 0 Å². The van der Waals surface area contributed by atoms with E-state index < -0.39 is 0 Å². The van der Waals surface area contributed by atoms with Gasteiger partial charge in [-0.1, -0.05) is 6.92 Å². The standard InChI is InChI=1S/C9H17NS2/c1-2-10-7-3-4-8-9(7)12-6-5-11-8/h7-10H,2-6H2,1H3. The molecule has 0 aromatic rings. The SMILES string of the molecule is CCNC1CCC2SCCSC12. The molecule has 2 fully saturated rings. The average molecular weight is 203 g/mol. The van der Waals surface area contributed by atoms with Crippen molar-refractivity contribution >= 4 is 23.5 Å². The summed E-state index contributed by atoms with van der Waals surface area (Å²) < 4.78 is 0. The summed E-state index contributed by atoms with van der Waals surface area (Å²) in [6, 6.07) is 0.817. The highest BCUT2D eigenvalue weighted by atomic mass is 32.2. The molecule has 0 aromatic heterocycles. The summed E-state index contributed by atoms with van der Waals surface area (Å²) in [5.41, 5.74) is 0. The number of nitrogens with one attached hydrogen (secondary N) is 1. The van der Waals surface area contributed by atoms with Gasteiger partial charge in [-0.25, -0.2) is 0 Å². The number of thioether (sulfide) groups is 2. The molecule has 3 unspecified atom stereocenters. The topological polar surface area (TPSA) is 12.0 Å². The maximum Gasteiger partial charge on any atom is 0.0320 e. The largest absolute Gasteiger partial charge is 0.313 e. The second kappa shape index (κ2) is 4.25. The van der Waals surface area contributed by atoms with Crippen LogP contribution in [0, 0.1) is 0 Å². The van der Waals surface area contributed by atoms with Crippen LogP contribution < -0.4 is 5.32 Å². The third-order valence-corrected chi connectivity index (χ3v) is 6.03. The molecule has 1 aliphatic heterocycles. The highest BCUT2D eigenvalue weighted by Gasteiger charge is 2.37. The van der Waals surface area contributed by atoms with Gasteiger partial charge >= 0.3 is 0 Å². The maximum absolute atomic E-state index is 3.61. The van der Waals surface area contributed by atoms with E-state index in [1.165, 1.54) is 24.3 Å². The van der Waals surface area contributed by atoms with Crippen molar-refractivity contribution < 1.29 is 0 Å². The average Bonchev–Trinajstić information content (AvgIpc) is 2.50. The minimum atomic E-state index is 0.817. The van der Waals surface area contributed by atoms with Gasteiger partial charge in [-0.3, -0.25) is 0 Å². The Morgan fingerprint density at radius 1 is 1.25 bits per heavy atom. The lowest BCUT2D eigenvalue weighted by Crippen LogP contribution is -2.38. The van der Waals surface area contributed by atoms with Gasteiger partial charge in [0.15, 0.2) is 0 Å². The van der Waals surface area contributed by atoms with Gasteiger partial charge < -0.3 is 5.32 Å². The molecular formula is C9H17NS2. The molecule has 0 amide bonds. The Bertz CT molecular complexity index is 151. The Hall–Kier alpha value is 0.660. The second-order valence-electron chi connectivity index (χ2n) is 3.49. The Morgan fingerprint density at radius 2 is 2.08 bits per heavy atom. The molecule has 1 aliphatic carbocycles. The van der Waals surface area contributed by atoms with Gasteiger partial charge in [-0.2, -0.15) is 23.5 Å². The lowest BCUT2D eigenvalue weighted by atomic mass is 10.2. The third-order valence-electron chi connectivity index (χ3n) is 2.72. The van der Waals surface area contributed by atoms with Crippen LogP contribution >= 0.6 is 23.5 Å². The molecule has 70 valence electrons. The number of hydrogen-bond donors (Lipinski definition) is 1. The highest BCUT2D eigenvalue weighted by molar-refractivity contribution is 8.07. The zero-order valence-electron chi connectivity index (χ0n) is 7.58. The van der Waals surface area contributed by atoms with Crippen LogP contribution in [-0.4, -0.2) is 34.6 Å². The van der Waals surface area contributed by atoms with E-state index in [-0.39, 0.29) is 0 Å². The lowest BCUT2D eigenvalue weighted by molar-refractivity contribution is 0.551. The normalized spacial score (nSPS) is 41.2. The van der Waals surface area contributed by atoms with Crippen molar-refractivity contribution in [3.05, 3.63) is 0 Å². The Kier molecular flexibility index (Phi) is 3.27. The molecule has 1 heterocycles. The van der Waals surface area contributed by atoms with E-state index in [0.29, 0.717) is 0 Å². The van der Waals surface area contributed by atoms with Crippen LogP contribution in [-0.2, 0) is 0 Å². The fourth-order valence-corrected chi connectivity index (χ4v) is 5.51. The molecule has 3 atom stereocenters. The molecule has 1 N–H and O–H groups in total. The Labute approximate surface area is 83.4 Å². The summed E-state index contributed by atoms with van der Waals surface area (Å²) in [6.45, 7) is 3.35. The summed E-state index contributed by atoms with van der Waals surface area (Å²) in [5.74, 6) is 2.75. The van der Waals surface area contributed by atoms with Crippen LogP contribution in [0.1, 0.15) is 19.8 Å². The monoisotopic (exact) mass is 203 g/mol. The first-order valence-corrected chi connectivity index (χ1v) is 6.98. The highest BCUT2D eigenvalue weighted by Crippen LogP contribution is 2.41. The minimum absolute atomic E-state index is 0.817. The quantitative estimate of drug-likeness (QED) is 0.737. The van der Waals surface area contributed by atoms with Crippen molar-refractivity contribution in [3.63, 3.8) is 0 Å². The van der Waals surface area contributed by atoms with Crippen LogP contribution in [0.2, 0.25) is 0 Å². The molecule has 1 nitrogen and oxygen atoms in total. The minimum Gasteiger partial charge on any atom is -0.313 e. The third kappa shape index (κ3) is 1.78. The summed E-state index contributed by atoms with van der Waals surface area (Å²) >= 11 is 4.40. The van der Waals surface area contributed by atoms with Crippen LogP contribution in [0.4, 0.5) is 0 Å². The molecule has 0 radical (unpaired) electrons. The Balaban J connectivity index is 1.92. The molecule has 2 rings (SSSR count). The number of fused-ring (bicyclic) bond motifs is 1. The van der Waals surface area contributed by atoms with Gasteiger partial charge in [0, 0.05) is 28.0 Å². The van der Waals surface area contributed by atoms with E-state index >= 15 is 0 Å². The van der Waals surface area contributed by atoms with Crippen LogP contribution in [0.15, 0.2) is 0 Å². The van der Waals surface area contributed by atoms with Crippen molar-refractivity contribution in [1.29, 1.82) is 0 Å². The van der Waals surface area contributed by atoms with Crippen molar-refractivity contribution in [3.8, 4) is 0 Å². The van der Waals surface area contributed by atoms with Gasteiger partial charge in [-0.05, 0) is 19.4 Å². The molecule has 3 heteroatoms. The lowest BCUT2D eigenvalue weighted by Gasteiger charge is -2.28. The van der Waals surface area contributed by atoms with E-state index in [4.69, 9.17) is 0 Å². The first-order valence-electron chi connectivity index (χ1n) is 4.88. The fraction of sp³-hybridized carbons (Fsp3) is 1.00. The van der Waals surface area contributed by atoms with E-state index in [9.17, 15) is 0 Å². The predicted octanol–water partition coefficient (Wildman–Crippen LogP) is 1.98.